The van der Waals surface area contributed by atoms with Gasteiger partial charge in [-0.1, -0.05) is 54.6 Å². The number of rotatable bonds is 9. The Morgan fingerprint density at radius 1 is 1.06 bits per heavy atom. The van der Waals surface area contributed by atoms with Crippen LogP contribution >= 0.6 is 0 Å². The summed E-state index contributed by atoms with van der Waals surface area (Å²) in [5, 5.41) is 23.0. The first kappa shape index (κ1) is 25.1. The number of carboxylic acids is 1. The van der Waals surface area contributed by atoms with Crippen LogP contribution in [0.5, 0.6) is 0 Å². The second-order valence-corrected chi connectivity index (χ2v) is 9.32. The molecule has 1 aliphatic rings. The molecule has 3 aromatic rings. The molecule has 9 nitrogen and oxygen atoms in total. The van der Waals surface area contributed by atoms with Crippen LogP contribution in [0.25, 0.3) is 11.1 Å². The Morgan fingerprint density at radius 2 is 1.72 bits per heavy atom. The summed E-state index contributed by atoms with van der Waals surface area (Å²) in [5.41, 5.74) is 3.35. The van der Waals surface area contributed by atoms with E-state index in [1.54, 1.807) is 4.90 Å². The van der Waals surface area contributed by atoms with E-state index in [1.807, 2.05) is 54.6 Å². The monoisotopic (exact) mass is 489 g/mol. The van der Waals surface area contributed by atoms with Gasteiger partial charge in [-0.2, -0.15) is 15.4 Å². The van der Waals surface area contributed by atoms with E-state index in [2.05, 4.69) is 20.7 Å². The maximum atomic E-state index is 12.8. The highest BCUT2D eigenvalue weighted by molar-refractivity contribution is 5.92. The fraction of sp³-hybridized carbons (Fsp3) is 0.370. The van der Waals surface area contributed by atoms with Gasteiger partial charge in [-0.15, -0.1) is 0 Å². The van der Waals surface area contributed by atoms with Crippen LogP contribution in [0.3, 0.4) is 0 Å². The van der Waals surface area contributed by atoms with E-state index in [-0.39, 0.29) is 23.9 Å². The van der Waals surface area contributed by atoms with Crippen LogP contribution in [0.4, 0.5) is 0 Å². The number of nitrogens with zero attached hydrogens (tertiary/aromatic N) is 3. The summed E-state index contributed by atoms with van der Waals surface area (Å²) in [6.07, 6.45) is 3.37. The van der Waals surface area contributed by atoms with Crippen LogP contribution in [-0.4, -0.2) is 62.3 Å². The summed E-state index contributed by atoms with van der Waals surface area (Å²) in [7, 11) is 0. The molecule has 2 aromatic carbocycles. The zero-order chi connectivity index (χ0) is 25.5. The molecule has 2 amide bonds. The number of aromatic nitrogens is 3. The van der Waals surface area contributed by atoms with Gasteiger partial charge in [0.25, 0.3) is 5.91 Å². The topological polar surface area (TPSA) is 128 Å². The second-order valence-electron chi connectivity index (χ2n) is 9.32. The van der Waals surface area contributed by atoms with E-state index in [4.69, 9.17) is 0 Å². The largest absolute Gasteiger partial charge is 0.481 e. The first-order valence-corrected chi connectivity index (χ1v) is 12.2. The van der Waals surface area contributed by atoms with Gasteiger partial charge in [-0.3, -0.25) is 14.4 Å². The van der Waals surface area contributed by atoms with Gasteiger partial charge in [-0.05, 0) is 48.3 Å². The molecule has 1 fully saturated rings. The normalized spacial score (nSPS) is 15.8. The molecule has 0 bridgehead atoms. The van der Waals surface area contributed by atoms with Gasteiger partial charge in [0.15, 0.2) is 5.69 Å². The van der Waals surface area contributed by atoms with Crippen molar-refractivity contribution >= 4 is 17.8 Å². The number of hydrogen-bond acceptors (Lipinski definition) is 5. The van der Waals surface area contributed by atoms with Crippen molar-refractivity contribution in [2.75, 3.05) is 13.1 Å². The third-order valence-electron chi connectivity index (χ3n) is 6.94. The minimum atomic E-state index is -0.878. The van der Waals surface area contributed by atoms with Crippen LogP contribution in [0.15, 0.2) is 60.8 Å². The third kappa shape index (κ3) is 6.35. The van der Waals surface area contributed by atoms with Gasteiger partial charge in [0.1, 0.15) is 0 Å². The zero-order valence-electron chi connectivity index (χ0n) is 20.3. The van der Waals surface area contributed by atoms with E-state index in [0.717, 1.165) is 16.7 Å². The number of carbonyl (C=O) groups excluding carboxylic acids is 2. The van der Waals surface area contributed by atoms with E-state index in [1.165, 1.54) is 13.1 Å². The van der Waals surface area contributed by atoms with Crippen LogP contribution in [0.2, 0.25) is 0 Å². The Labute approximate surface area is 209 Å². The van der Waals surface area contributed by atoms with E-state index < -0.39 is 23.8 Å². The highest BCUT2D eigenvalue weighted by Crippen LogP contribution is 2.30. The lowest BCUT2D eigenvalue weighted by Gasteiger charge is -2.35. The number of amides is 2. The standard InChI is InChI=1S/C27H31N5O4/c1-18(33)32-13-11-22(12-14-32)24(27(35)36)16-23(29-26(34)25-17-28-31-30-25)15-19-7-9-21(10-8-19)20-5-3-2-4-6-20/h2-10,17,22-24H,11-16H2,1H3,(H,29,34)(H,35,36)(H,28,30,31)/t23?,24-/m0/s1. The highest BCUT2D eigenvalue weighted by Gasteiger charge is 2.34. The van der Waals surface area contributed by atoms with Crippen LogP contribution in [0.1, 0.15) is 42.2 Å². The molecule has 0 spiro atoms. The predicted molar refractivity (Wildman–Crippen MR) is 134 cm³/mol. The Hall–Kier alpha value is -4.01. The number of hydrogen-bond donors (Lipinski definition) is 3. The van der Waals surface area contributed by atoms with Crippen molar-refractivity contribution in [2.24, 2.45) is 11.8 Å². The van der Waals surface area contributed by atoms with Gasteiger partial charge in [-0.25, -0.2) is 0 Å². The fourth-order valence-electron chi connectivity index (χ4n) is 4.93. The van der Waals surface area contributed by atoms with Crippen molar-refractivity contribution < 1.29 is 19.5 Å². The molecule has 36 heavy (non-hydrogen) atoms. The molecule has 1 unspecified atom stereocenters. The molecule has 2 atom stereocenters. The molecule has 1 aliphatic heterocycles. The number of piperidine rings is 1. The molecule has 2 heterocycles. The lowest BCUT2D eigenvalue weighted by atomic mass is 9.79. The van der Waals surface area contributed by atoms with Crippen molar-refractivity contribution in [3.05, 3.63) is 72.1 Å². The number of aromatic amines is 1. The van der Waals surface area contributed by atoms with E-state index in [0.29, 0.717) is 32.4 Å². The third-order valence-corrected chi connectivity index (χ3v) is 6.94. The molecular weight excluding hydrogens is 458 g/mol. The number of benzene rings is 2. The molecule has 4 rings (SSSR count). The Morgan fingerprint density at radius 3 is 2.31 bits per heavy atom. The minimum absolute atomic E-state index is 0.0111. The summed E-state index contributed by atoms with van der Waals surface area (Å²) < 4.78 is 0. The lowest BCUT2D eigenvalue weighted by Crippen LogP contribution is -2.44. The van der Waals surface area contributed by atoms with Gasteiger partial charge < -0.3 is 15.3 Å². The maximum Gasteiger partial charge on any atom is 0.306 e. The summed E-state index contributed by atoms with van der Waals surface area (Å²) in [5.74, 6) is -1.96. The maximum absolute atomic E-state index is 12.8. The summed E-state index contributed by atoms with van der Waals surface area (Å²) in [6, 6.07) is 17.7. The van der Waals surface area contributed by atoms with Crippen molar-refractivity contribution in [1.82, 2.24) is 25.6 Å². The molecule has 188 valence electrons. The number of H-pyrrole nitrogens is 1. The van der Waals surface area contributed by atoms with Gasteiger partial charge in [0.2, 0.25) is 5.91 Å². The first-order chi connectivity index (χ1) is 17.4. The minimum Gasteiger partial charge on any atom is -0.481 e. The van der Waals surface area contributed by atoms with Crippen molar-refractivity contribution in [3.8, 4) is 11.1 Å². The quantitative estimate of drug-likeness (QED) is 0.424. The summed E-state index contributed by atoms with van der Waals surface area (Å²) >= 11 is 0. The first-order valence-electron chi connectivity index (χ1n) is 12.2. The molecule has 0 saturated carbocycles. The van der Waals surface area contributed by atoms with E-state index in [9.17, 15) is 19.5 Å². The van der Waals surface area contributed by atoms with Crippen LogP contribution in [-0.2, 0) is 16.0 Å². The van der Waals surface area contributed by atoms with Crippen LogP contribution in [0, 0.1) is 11.8 Å². The molecule has 3 N–H and O–H groups in total. The van der Waals surface area contributed by atoms with Gasteiger partial charge in [0.05, 0.1) is 12.1 Å². The smallest absolute Gasteiger partial charge is 0.306 e. The summed E-state index contributed by atoms with van der Waals surface area (Å²) in [4.78, 5) is 38.5. The Bertz CT molecular complexity index is 1160. The average Bonchev–Trinajstić information content (AvgIpc) is 3.43. The fourth-order valence-corrected chi connectivity index (χ4v) is 4.93. The highest BCUT2D eigenvalue weighted by atomic mass is 16.4. The Balaban J connectivity index is 1.50. The van der Waals surface area contributed by atoms with Gasteiger partial charge >= 0.3 is 5.97 Å². The average molecular weight is 490 g/mol. The predicted octanol–water partition coefficient (Wildman–Crippen LogP) is 3.16. The van der Waals surface area contributed by atoms with Crippen molar-refractivity contribution in [1.29, 1.82) is 0 Å². The zero-order valence-corrected chi connectivity index (χ0v) is 20.3. The Kier molecular flexibility index (Phi) is 8.10. The molecule has 9 heteroatoms. The molecule has 0 radical (unpaired) electrons. The number of aliphatic carboxylic acids is 1. The number of carboxylic acid groups (broad SMARTS) is 1. The van der Waals surface area contributed by atoms with Crippen LogP contribution < -0.4 is 5.32 Å². The SMILES string of the molecule is CC(=O)N1CCC([C@H](CC(Cc2ccc(-c3ccccc3)cc2)NC(=O)c2cn[nH]n2)C(=O)O)CC1. The van der Waals surface area contributed by atoms with Crippen molar-refractivity contribution in [2.45, 2.75) is 38.6 Å². The van der Waals surface area contributed by atoms with E-state index >= 15 is 0 Å². The molecule has 1 saturated heterocycles. The number of nitrogens with one attached hydrogen (secondary N) is 2. The second kappa shape index (κ2) is 11.6. The molecule has 0 aliphatic carbocycles. The lowest BCUT2D eigenvalue weighted by molar-refractivity contribution is -0.145. The summed E-state index contributed by atoms with van der Waals surface area (Å²) in [6.45, 7) is 2.65. The number of carbonyl (C=O) groups is 3. The molecule has 1 aromatic heterocycles. The molecular formula is C27H31N5O4. The van der Waals surface area contributed by atoms with Gasteiger partial charge in [0, 0.05) is 26.1 Å². The number of likely N-dealkylation sites (tertiary alicyclic amines) is 1. The van der Waals surface area contributed by atoms with Crippen molar-refractivity contribution in [3.63, 3.8) is 0 Å².